The Morgan fingerprint density at radius 2 is 1.51 bits per heavy atom. The first-order chi connectivity index (χ1) is 18.0. The molecular formula is C31H41N3O5. The molecule has 0 radical (unpaired) electrons. The maximum atomic E-state index is 14.4. The van der Waals surface area contributed by atoms with Crippen LogP contribution in [0.2, 0.25) is 0 Å². The van der Waals surface area contributed by atoms with Crippen LogP contribution in [0.1, 0.15) is 78.1 Å². The molecule has 39 heavy (non-hydrogen) atoms. The Morgan fingerprint density at radius 3 is 1.97 bits per heavy atom. The zero-order valence-corrected chi connectivity index (χ0v) is 24.2. The van der Waals surface area contributed by atoms with Crippen LogP contribution in [-0.2, 0) is 20.7 Å². The third-order valence-electron chi connectivity index (χ3n) is 5.66. The van der Waals surface area contributed by atoms with Gasteiger partial charge in [0.25, 0.3) is 0 Å². The number of rotatable bonds is 8. The molecule has 0 aliphatic rings. The van der Waals surface area contributed by atoms with Gasteiger partial charge in [0, 0.05) is 23.6 Å². The van der Waals surface area contributed by atoms with Crippen molar-refractivity contribution in [2.75, 3.05) is 0 Å². The molecule has 0 fully saturated rings. The minimum Gasteiger partial charge on any atom is -0.508 e. The van der Waals surface area contributed by atoms with Crippen molar-refractivity contribution in [1.82, 2.24) is 15.5 Å². The maximum Gasteiger partial charge on any atom is 0.408 e. The quantitative estimate of drug-likeness (QED) is 0.425. The second-order valence-electron chi connectivity index (χ2n) is 11.8. The van der Waals surface area contributed by atoms with Crippen LogP contribution in [-0.4, -0.2) is 51.1 Å². The van der Waals surface area contributed by atoms with E-state index in [4.69, 9.17) is 11.2 Å². The van der Waals surface area contributed by atoms with E-state index in [2.05, 4.69) is 16.6 Å². The third-order valence-corrected chi connectivity index (χ3v) is 5.66. The first-order valence-electron chi connectivity index (χ1n) is 13.0. The number of benzene rings is 2. The Kier molecular flexibility index (Phi) is 10.2. The molecule has 0 bridgehead atoms. The van der Waals surface area contributed by atoms with E-state index in [0.717, 1.165) is 0 Å². The van der Waals surface area contributed by atoms with Crippen LogP contribution in [0.3, 0.4) is 0 Å². The van der Waals surface area contributed by atoms with Crippen molar-refractivity contribution in [2.45, 2.75) is 91.1 Å². The number of alkyl carbamates (subject to hydrolysis) is 1. The molecule has 0 aliphatic carbocycles. The molecule has 3 amide bonds. The molecule has 8 nitrogen and oxygen atoms in total. The van der Waals surface area contributed by atoms with E-state index in [1.807, 2.05) is 34.6 Å². The van der Waals surface area contributed by atoms with Crippen LogP contribution in [0.4, 0.5) is 4.79 Å². The largest absolute Gasteiger partial charge is 0.508 e. The zero-order valence-electron chi connectivity index (χ0n) is 24.2. The number of hydrogen-bond donors (Lipinski definition) is 3. The van der Waals surface area contributed by atoms with E-state index in [-0.39, 0.29) is 24.1 Å². The van der Waals surface area contributed by atoms with Crippen LogP contribution in [0.15, 0.2) is 48.5 Å². The van der Waals surface area contributed by atoms with Crippen LogP contribution < -0.4 is 10.6 Å². The highest BCUT2D eigenvalue weighted by molar-refractivity contribution is 5.93. The van der Waals surface area contributed by atoms with Crippen LogP contribution >= 0.6 is 0 Å². The SMILES string of the molecule is C#Cc1ccc(C(C(=O)NC(C)C)N(C(=O)C(Cc2ccc(O)cc2)NC(=O)OC(C)(C)C)C(C)(C)C)cc1. The van der Waals surface area contributed by atoms with Gasteiger partial charge in [0.2, 0.25) is 11.8 Å². The van der Waals surface area contributed by atoms with Gasteiger partial charge in [0.05, 0.1) is 0 Å². The van der Waals surface area contributed by atoms with E-state index in [1.54, 1.807) is 57.2 Å². The molecule has 210 valence electrons. The smallest absolute Gasteiger partial charge is 0.408 e. The number of carbonyl (C=O) groups excluding carboxylic acids is 3. The number of ether oxygens (including phenoxy) is 1. The predicted octanol–water partition coefficient (Wildman–Crippen LogP) is 4.70. The van der Waals surface area contributed by atoms with Gasteiger partial charge in [-0.25, -0.2) is 4.79 Å². The fourth-order valence-electron chi connectivity index (χ4n) is 4.07. The average molecular weight is 536 g/mol. The highest BCUT2D eigenvalue weighted by Gasteiger charge is 2.42. The zero-order chi connectivity index (χ0) is 29.5. The number of amides is 3. The molecule has 0 aromatic heterocycles. The summed E-state index contributed by atoms with van der Waals surface area (Å²) >= 11 is 0. The maximum absolute atomic E-state index is 14.4. The van der Waals surface area contributed by atoms with E-state index in [1.165, 1.54) is 17.0 Å². The summed E-state index contributed by atoms with van der Waals surface area (Å²) in [5.74, 6) is 1.82. The second kappa shape index (κ2) is 12.7. The molecule has 2 atom stereocenters. The van der Waals surface area contributed by atoms with E-state index < -0.39 is 35.2 Å². The summed E-state index contributed by atoms with van der Waals surface area (Å²) in [4.78, 5) is 42.4. The summed E-state index contributed by atoms with van der Waals surface area (Å²) in [7, 11) is 0. The number of terminal acetylenes is 1. The summed E-state index contributed by atoms with van der Waals surface area (Å²) in [5, 5.41) is 15.4. The summed E-state index contributed by atoms with van der Waals surface area (Å²) in [6, 6.07) is 11.1. The van der Waals surface area contributed by atoms with E-state index >= 15 is 0 Å². The van der Waals surface area contributed by atoms with Gasteiger partial charge >= 0.3 is 6.09 Å². The Bertz CT molecular complexity index is 1180. The molecule has 0 aliphatic heterocycles. The summed E-state index contributed by atoms with van der Waals surface area (Å²) in [6.45, 7) is 14.4. The number of nitrogens with zero attached hydrogens (tertiary/aromatic N) is 1. The molecule has 0 saturated carbocycles. The Labute approximate surface area is 232 Å². The van der Waals surface area contributed by atoms with Crippen molar-refractivity contribution in [3.8, 4) is 18.1 Å². The Hall–Kier alpha value is -3.99. The molecule has 0 saturated heterocycles. The number of phenolic OH excluding ortho intramolecular Hbond substituents is 1. The minimum atomic E-state index is -1.07. The molecule has 2 unspecified atom stereocenters. The molecule has 3 N–H and O–H groups in total. The molecular weight excluding hydrogens is 494 g/mol. The fraction of sp³-hybridized carbons (Fsp3) is 0.452. The molecule has 2 aromatic carbocycles. The number of phenols is 1. The van der Waals surface area contributed by atoms with Gasteiger partial charge in [-0.1, -0.05) is 30.2 Å². The normalized spacial score (nSPS) is 13.1. The topological polar surface area (TPSA) is 108 Å². The summed E-state index contributed by atoms with van der Waals surface area (Å²) in [6.07, 6.45) is 4.89. The van der Waals surface area contributed by atoms with Crippen molar-refractivity contribution in [3.63, 3.8) is 0 Å². The lowest BCUT2D eigenvalue weighted by Gasteiger charge is -2.43. The van der Waals surface area contributed by atoms with Gasteiger partial charge in [0.1, 0.15) is 23.4 Å². The molecule has 8 heteroatoms. The van der Waals surface area contributed by atoms with Crippen molar-refractivity contribution in [1.29, 1.82) is 0 Å². The predicted molar refractivity (Wildman–Crippen MR) is 152 cm³/mol. The van der Waals surface area contributed by atoms with Gasteiger partial charge in [0.15, 0.2) is 0 Å². The highest BCUT2D eigenvalue weighted by Crippen LogP contribution is 2.31. The van der Waals surface area contributed by atoms with Gasteiger partial charge in [-0.3, -0.25) is 9.59 Å². The standard InChI is InChI=1S/C31H41N3O5/c1-10-21-11-15-23(16-12-21)26(27(36)32-20(2)3)34(30(4,5)6)28(37)25(33-29(38)39-31(7,8)9)19-22-13-17-24(35)18-14-22/h1,11-18,20,25-26,35H,19H2,2-9H3,(H,32,36)(H,33,38). The Balaban J connectivity index is 2.62. The van der Waals surface area contributed by atoms with E-state index in [0.29, 0.717) is 16.7 Å². The van der Waals surface area contributed by atoms with Crippen molar-refractivity contribution in [2.24, 2.45) is 0 Å². The average Bonchev–Trinajstić information content (AvgIpc) is 2.80. The highest BCUT2D eigenvalue weighted by atomic mass is 16.6. The van der Waals surface area contributed by atoms with Crippen LogP contribution in [0.25, 0.3) is 0 Å². The Morgan fingerprint density at radius 1 is 0.949 bits per heavy atom. The van der Waals surface area contributed by atoms with Crippen molar-refractivity contribution in [3.05, 3.63) is 65.2 Å². The first kappa shape index (κ1) is 31.2. The van der Waals surface area contributed by atoms with Gasteiger partial charge in [-0.2, -0.15) is 0 Å². The number of nitrogens with one attached hydrogen (secondary N) is 2. The second-order valence-corrected chi connectivity index (χ2v) is 11.8. The van der Waals surface area contributed by atoms with Crippen molar-refractivity contribution < 1.29 is 24.2 Å². The first-order valence-corrected chi connectivity index (χ1v) is 13.0. The number of hydrogen-bond acceptors (Lipinski definition) is 5. The minimum absolute atomic E-state index is 0.0823. The van der Waals surface area contributed by atoms with Gasteiger partial charge in [-0.05, 0) is 90.8 Å². The molecule has 0 spiro atoms. The van der Waals surface area contributed by atoms with Gasteiger partial charge < -0.3 is 25.4 Å². The van der Waals surface area contributed by atoms with Crippen LogP contribution in [0.5, 0.6) is 5.75 Å². The molecule has 2 aromatic rings. The molecule has 0 heterocycles. The lowest BCUT2D eigenvalue weighted by Crippen LogP contribution is -2.59. The summed E-state index contributed by atoms with van der Waals surface area (Å²) < 4.78 is 5.45. The number of carbonyl (C=O) groups is 3. The van der Waals surface area contributed by atoms with Crippen LogP contribution in [0, 0.1) is 12.3 Å². The lowest BCUT2D eigenvalue weighted by atomic mass is 9.93. The number of aromatic hydroxyl groups is 1. The summed E-state index contributed by atoms with van der Waals surface area (Å²) in [5.41, 5.74) is 0.322. The van der Waals surface area contributed by atoms with Crippen molar-refractivity contribution >= 4 is 17.9 Å². The fourth-order valence-corrected chi connectivity index (χ4v) is 4.07. The van der Waals surface area contributed by atoms with Gasteiger partial charge in [-0.15, -0.1) is 6.42 Å². The third kappa shape index (κ3) is 9.36. The lowest BCUT2D eigenvalue weighted by molar-refractivity contribution is -0.148. The van der Waals surface area contributed by atoms with E-state index in [9.17, 15) is 19.5 Å². The molecule has 2 rings (SSSR count). The monoisotopic (exact) mass is 535 g/mol.